The third-order valence-corrected chi connectivity index (χ3v) is 3.63. The highest BCUT2D eigenvalue weighted by atomic mass is 19.1. The predicted molar refractivity (Wildman–Crippen MR) is 88.9 cm³/mol. The van der Waals surface area contributed by atoms with E-state index in [9.17, 15) is 14.0 Å². The molecule has 130 valence electrons. The van der Waals surface area contributed by atoms with Gasteiger partial charge in [0.1, 0.15) is 12.2 Å². The molecule has 0 aliphatic carbocycles. The minimum atomic E-state index is -0.418. The number of ether oxygens (including phenoxy) is 2. The summed E-state index contributed by atoms with van der Waals surface area (Å²) in [5, 5.41) is 5.31. The molecule has 2 N–H and O–H groups in total. The molecule has 1 aliphatic rings. The summed E-state index contributed by atoms with van der Waals surface area (Å²) in [7, 11) is 0. The third kappa shape index (κ3) is 4.69. The molecule has 2 amide bonds. The molecule has 0 radical (unpaired) electrons. The zero-order valence-corrected chi connectivity index (χ0v) is 13.4. The lowest BCUT2D eigenvalue weighted by atomic mass is 10.1. The molecule has 7 heteroatoms. The lowest BCUT2D eigenvalue weighted by molar-refractivity contribution is -0.126. The lowest BCUT2D eigenvalue weighted by Gasteiger charge is -2.07. The van der Waals surface area contributed by atoms with Crippen molar-refractivity contribution in [1.29, 1.82) is 0 Å². The number of halogens is 1. The Balaban J connectivity index is 1.41. The van der Waals surface area contributed by atoms with Crippen LogP contribution in [-0.4, -0.2) is 25.2 Å². The van der Waals surface area contributed by atoms with E-state index in [0.29, 0.717) is 30.2 Å². The van der Waals surface area contributed by atoms with Gasteiger partial charge in [-0.05, 0) is 36.2 Å². The van der Waals surface area contributed by atoms with Crippen LogP contribution in [0.3, 0.4) is 0 Å². The summed E-state index contributed by atoms with van der Waals surface area (Å²) in [6, 6.07) is 11.1. The van der Waals surface area contributed by atoms with E-state index < -0.39 is 5.91 Å². The number of nitrogens with one attached hydrogen (secondary N) is 2. The van der Waals surface area contributed by atoms with Crippen LogP contribution in [0.25, 0.3) is 0 Å². The summed E-state index contributed by atoms with van der Waals surface area (Å²) in [5.74, 6) is 0.0876. The lowest BCUT2D eigenvalue weighted by Crippen LogP contribution is -2.29. The van der Waals surface area contributed by atoms with Gasteiger partial charge in [0.2, 0.25) is 18.6 Å². The van der Waals surface area contributed by atoms with Crippen molar-refractivity contribution < 1.29 is 23.5 Å². The number of carbonyl (C=O) groups excluding carboxylic acids is 2. The van der Waals surface area contributed by atoms with Crippen LogP contribution in [0.5, 0.6) is 11.5 Å². The standard InChI is InChI=1S/C18H17FN2O4/c19-13-3-1-12(2-4-13)7-8-20-17(22)10-18(23)21-14-5-6-15-16(9-14)25-11-24-15/h1-6,9H,7-8,10-11H2,(H,20,22)(H,21,23). The van der Waals surface area contributed by atoms with Crippen molar-refractivity contribution >= 4 is 17.5 Å². The summed E-state index contributed by atoms with van der Waals surface area (Å²) < 4.78 is 23.2. The molecule has 3 rings (SSSR count). The van der Waals surface area contributed by atoms with E-state index in [4.69, 9.17) is 9.47 Å². The molecule has 0 saturated carbocycles. The predicted octanol–water partition coefficient (Wildman–Crippen LogP) is 2.24. The Kier molecular flexibility index (Phi) is 5.13. The van der Waals surface area contributed by atoms with E-state index in [1.807, 2.05) is 0 Å². The van der Waals surface area contributed by atoms with Crippen LogP contribution in [0.15, 0.2) is 42.5 Å². The van der Waals surface area contributed by atoms with Crippen LogP contribution in [-0.2, 0) is 16.0 Å². The number of carbonyl (C=O) groups is 2. The van der Waals surface area contributed by atoms with E-state index in [0.717, 1.165) is 5.56 Å². The van der Waals surface area contributed by atoms with Gasteiger partial charge in [-0.2, -0.15) is 0 Å². The number of hydrogen-bond acceptors (Lipinski definition) is 4. The van der Waals surface area contributed by atoms with Gasteiger partial charge in [0, 0.05) is 18.3 Å². The van der Waals surface area contributed by atoms with E-state index in [1.165, 1.54) is 12.1 Å². The second-order valence-corrected chi connectivity index (χ2v) is 5.52. The maximum atomic E-state index is 12.8. The van der Waals surface area contributed by atoms with Gasteiger partial charge < -0.3 is 20.1 Å². The normalized spacial score (nSPS) is 11.9. The fourth-order valence-electron chi connectivity index (χ4n) is 2.39. The van der Waals surface area contributed by atoms with Gasteiger partial charge in [0.05, 0.1) is 0 Å². The van der Waals surface area contributed by atoms with Crippen LogP contribution >= 0.6 is 0 Å². The van der Waals surface area contributed by atoms with Crippen LogP contribution < -0.4 is 20.1 Å². The highest BCUT2D eigenvalue weighted by molar-refractivity contribution is 6.03. The second-order valence-electron chi connectivity index (χ2n) is 5.52. The first kappa shape index (κ1) is 16.8. The minimum absolute atomic E-state index is 0.156. The van der Waals surface area contributed by atoms with Crippen molar-refractivity contribution in [3.05, 3.63) is 53.8 Å². The van der Waals surface area contributed by atoms with Gasteiger partial charge >= 0.3 is 0 Å². The molecule has 0 aromatic heterocycles. The molecule has 2 aromatic carbocycles. The smallest absolute Gasteiger partial charge is 0.233 e. The molecule has 0 saturated heterocycles. The topological polar surface area (TPSA) is 76.7 Å². The first-order valence-corrected chi connectivity index (χ1v) is 7.81. The summed E-state index contributed by atoms with van der Waals surface area (Å²) >= 11 is 0. The van der Waals surface area contributed by atoms with Gasteiger partial charge in [-0.3, -0.25) is 9.59 Å². The zero-order valence-electron chi connectivity index (χ0n) is 13.4. The quantitative estimate of drug-likeness (QED) is 0.788. The second kappa shape index (κ2) is 7.65. The summed E-state index contributed by atoms with van der Waals surface area (Å²) in [6.07, 6.45) is 0.285. The van der Waals surface area contributed by atoms with Gasteiger partial charge in [-0.15, -0.1) is 0 Å². The molecule has 0 spiro atoms. The number of rotatable bonds is 6. The molecule has 1 aliphatic heterocycles. The average molecular weight is 344 g/mol. The molecule has 2 aromatic rings. The van der Waals surface area contributed by atoms with Gasteiger partial charge in [-0.1, -0.05) is 12.1 Å². The highest BCUT2D eigenvalue weighted by Crippen LogP contribution is 2.34. The SMILES string of the molecule is O=C(CC(=O)Nc1ccc2c(c1)OCO2)NCCc1ccc(F)cc1. The Morgan fingerprint density at radius 2 is 1.76 bits per heavy atom. The van der Waals surface area contributed by atoms with Crippen molar-refractivity contribution in [3.63, 3.8) is 0 Å². The first-order valence-electron chi connectivity index (χ1n) is 7.81. The van der Waals surface area contributed by atoms with Crippen LogP contribution in [0.1, 0.15) is 12.0 Å². The third-order valence-electron chi connectivity index (χ3n) is 3.63. The molecule has 1 heterocycles. The van der Waals surface area contributed by atoms with E-state index in [-0.39, 0.29) is 24.9 Å². The molecular weight excluding hydrogens is 327 g/mol. The molecular formula is C18H17FN2O4. The molecule has 0 unspecified atom stereocenters. The fourth-order valence-corrected chi connectivity index (χ4v) is 2.39. The maximum absolute atomic E-state index is 12.8. The largest absolute Gasteiger partial charge is 0.454 e. The summed E-state index contributed by atoms with van der Waals surface area (Å²) in [5.41, 5.74) is 1.44. The first-order chi connectivity index (χ1) is 12.1. The maximum Gasteiger partial charge on any atom is 0.233 e. The summed E-state index contributed by atoms with van der Waals surface area (Å²) in [4.78, 5) is 23.7. The Hall–Kier alpha value is -3.09. The molecule has 0 bridgehead atoms. The Bertz CT molecular complexity index is 777. The zero-order chi connectivity index (χ0) is 17.6. The van der Waals surface area contributed by atoms with Crippen molar-refractivity contribution in [2.75, 3.05) is 18.7 Å². The Morgan fingerprint density at radius 1 is 1.00 bits per heavy atom. The highest BCUT2D eigenvalue weighted by Gasteiger charge is 2.15. The Labute approximate surface area is 143 Å². The van der Waals surface area contributed by atoms with Crippen LogP contribution in [0.4, 0.5) is 10.1 Å². The van der Waals surface area contributed by atoms with Crippen molar-refractivity contribution in [2.45, 2.75) is 12.8 Å². The molecule has 25 heavy (non-hydrogen) atoms. The Morgan fingerprint density at radius 3 is 2.56 bits per heavy atom. The van der Waals surface area contributed by atoms with Crippen molar-refractivity contribution in [1.82, 2.24) is 5.32 Å². The number of benzene rings is 2. The van der Waals surface area contributed by atoms with Crippen molar-refractivity contribution in [3.8, 4) is 11.5 Å². The van der Waals surface area contributed by atoms with Crippen LogP contribution in [0, 0.1) is 5.82 Å². The molecule has 0 atom stereocenters. The minimum Gasteiger partial charge on any atom is -0.454 e. The van der Waals surface area contributed by atoms with E-state index in [2.05, 4.69) is 10.6 Å². The number of anilines is 1. The average Bonchev–Trinajstić information content (AvgIpc) is 3.04. The van der Waals surface area contributed by atoms with Gasteiger partial charge in [0.25, 0.3) is 0 Å². The summed E-state index contributed by atoms with van der Waals surface area (Å²) in [6.45, 7) is 0.533. The number of amides is 2. The number of hydrogen-bond donors (Lipinski definition) is 2. The molecule has 6 nitrogen and oxygen atoms in total. The number of fused-ring (bicyclic) bond motifs is 1. The van der Waals surface area contributed by atoms with Gasteiger partial charge in [0.15, 0.2) is 11.5 Å². The van der Waals surface area contributed by atoms with E-state index in [1.54, 1.807) is 30.3 Å². The van der Waals surface area contributed by atoms with Gasteiger partial charge in [-0.25, -0.2) is 4.39 Å². The monoisotopic (exact) mass is 344 g/mol. The van der Waals surface area contributed by atoms with E-state index >= 15 is 0 Å². The molecule has 0 fully saturated rings. The van der Waals surface area contributed by atoms with Crippen molar-refractivity contribution in [2.24, 2.45) is 0 Å². The fraction of sp³-hybridized carbons (Fsp3) is 0.222. The van der Waals surface area contributed by atoms with Crippen LogP contribution in [0.2, 0.25) is 0 Å².